The molecule has 2 aromatic rings. The van der Waals surface area contributed by atoms with E-state index in [1.807, 2.05) is 42.3 Å². The molecule has 7 nitrogen and oxygen atoms in total. The van der Waals surface area contributed by atoms with E-state index in [1.165, 1.54) is 6.26 Å². The van der Waals surface area contributed by atoms with E-state index >= 15 is 0 Å². The van der Waals surface area contributed by atoms with Crippen molar-refractivity contribution in [3.05, 3.63) is 71.3 Å². The van der Waals surface area contributed by atoms with Gasteiger partial charge in [0.25, 0.3) is 0 Å². The van der Waals surface area contributed by atoms with Crippen LogP contribution in [0.5, 0.6) is 0 Å². The monoisotopic (exact) mass is 369 g/mol. The summed E-state index contributed by atoms with van der Waals surface area (Å²) in [5, 5.41) is 5.50. The van der Waals surface area contributed by atoms with E-state index in [2.05, 4.69) is 10.6 Å². The standard InChI is InChI=1S/C20H23N3O4/c1-3-26-19(24)17-15(13-23(2)12-14-8-5-4-6-9-14)21-20(25)22-18(17)16-10-7-11-27-16/h4-11,18H,3,12-13H2,1-2H3,(H2,21,22,25). The van der Waals surface area contributed by atoms with E-state index in [-0.39, 0.29) is 12.6 Å². The molecule has 1 aromatic heterocycles. The summed E-state index contributed by atoms with van der Waals surface area (Å²) in [6.45, 7) is 3.05. The number of amides is 2. The number of furan rings is 1. The topological polar surface area (TPSA) is 83.8 Å². The average molecular weight is 369 g/mol. The summed E-state index contributed by atoms with van der Waals surface area (Å²) in [4.78, 5) is 26.8. The summed E-state index contributed by atoms with van der Waals surface area (Å²) in [6.07, 6.45) is 1.51. The lowest BCUT2D eigenvalue weighted by Crippen LogP contribution is -2.48. The third-order valence-corrected chi connectivity index (χ3v) is 4.20. The number of likely N-dealkylation sites (N-methyl/N-ethyl adjacent to an activating group) is 1. The second-order valence-corrected chi connectivity index (χ2v) is 6.32. The molecule has 142 valence electrons. The molecule has 0 fully saturated rings. The lowest BCUT2D eigenvalue weighted by molar-refractivity contribution is -0.139. The molecule has 2 N–H and O–H groups in total. The number of nitrogens with one attached hydrogen (secondary N) is 2. The van der Waals surface area contributed by atoms with Crippen molar-refractivity contribution >= 4 is 12.0 Å². The molecule has 27 heavy (non-hydrogen) atoms. The highest BCUT2D eigenvalue weighted by molar-refractivity contribution is 5.95. The van der Waals surface area contributed by atoms with Crippen molar-refractivity contribution in [2.24, 2.45) is 0 Å². The predicted octanol–water partition coefficient (Wildman–Crippen LogP) is 2.58. The van der Waals surface area contributed by atoms with Crippen LogP contribution in [0.1, 0.15) is 24.3 Å². The maximum absolute atomic E-state index is 12.6. The predicted molar refractivity (Wildman–Crippen MR) is 99.6 cm³/mol. The molecule has 1 unspecified atom stereocenters. The van der Waals surface area contributed by atoms with Gasteiger partial charge in [-0.3, -0.25) is 4.90 Å². The van der Waals surface area contributed by atoms with Gasteiger partial charge in [0.15, 0.2) is 0 Å². The van der Waals surface area contributed by atoms with Gasteiger partial charge in [-0.25, -0.2) is 9.59 Å². The number of rotatable bonds is 7. The van der Waals surface area contributed by atoms with E-state index < -0.39 is 12.0 Å². The van der Waals surface area contributed by atoms with E-state index in [1.54, 1.807) is 19.1 Å². The molecule has 1 atom stereocenters. The summed E-state index contributed by atoms with van der Waals surface area (Å²) in [6, 6.07) is 12.4. The highest BCUT2D eigenvalue weighted by Gasteiger charge is 2.35. The fourth-order valence-electron chi connectivity index (χ4n) is 3.08. The molecule has 0 saturated heterocycles. The minimum Gasteiger partial charge on any atom is -0.467 e. The number of esters is 1. The van der Waals surface area contributed by atoms with Crippen molar-refractivity contribution in [3.8, 4) is 0 Å². The zero-order valence-corrected chi connectivity index (χ0v) is 15.4. The zero-order valence-electron chi connectivity index (χ0n) is 15.4. The van der Waals surface area contributed by atoms with Crippen molar-refractivity contribution in [3.63, 3.8) is 0 Å². The second kappa shape index (κ2) is 8.55. The van der Waals surface area contributed by atoms with Gasteiger partial charge >= 0.3 is 12.0 Å². The molecule has 1 aliphatic rings. The molecule has 2 heterocycles. The molecule has 0 saturated carbocycles. The van der Waals surface area contributed by atoms with Crippen molar-refractivity contribution in [1.82, 2.24) is 15.5 Å². The quantitative estimate of drug-likeness (QED) is 0.733. The van der Waals surface area contributed by atoms with Gasteiger partial charge in [0, 0.05) is 18.8 Å². The van der Waals surface area contributed by atoms with Gasteiger partial charge in [-0.05, 0) is 31.7 Å². The van der Waals surface area contributed by atoms with Crippen LogP contribution in [0, 0.1) is 0 Å². The van der Waals surface area contributed by atoms with Crippen molar-refractivity contribution in [1.29, 1.82) is 0 Å². The summed E-state index contributed by atoms with van der Waals surface area (Å²) in [7, 11) is 1.93. The van der Waals surface area contributed by atoms with Crippen LogP contribution in [0.2, 0.25) is 0 Å². The third kappa shape index (κ3) is 4.57. The molecule has 1 aliphatic heterocycles. The van der Waals surface area contributed by atoms with E-state index in [0.717, 1.165) is 5.56 Å². The van der Waals surface area contributed by atoms with E-state index in [0.29, 0.717) is 30.1 Å². The number of benzene rings is 1. The average Bonchev–Trinajstić information content (AvgIpc) is 3.16. The normalized spacial score (nSPS) is 16.9. The Labute approximate surface area is 158 Å². The first-order valence-electron chi connectivity index (χ1n) is 8.82. The summed E-state index contributed by atoms with van der Waals surface area (Å²) in [5.41, 5.74) is 2.00. The number of ether oxygens (including phenoxy) is 1. The van der Waals surface area contributed by atoms with Gasteiger partial charge in [-0.1, -0.05) is 30.3 Å². The Hall–Kier alpha value is -3.06. The Morgan fingerprint density at radius 3 is 2.63 bits per heavy atom. The van der Waals surface area contributed by atoms with Gasteiger partial charge in [0.05, 0.1) is 18.4 Å². The van der Waals surface area contributed by atoms with E-state index in [9.17, 15) is 9.59 Å². The second-order valence-electron chi connectivity index (χ2n) is 6.32. The number of hydrogen-bond donors (Lipinski definition) is 2. The van der Waals surface area contributed by atoms with Crippen molar-refractivity contribution in [2.75, 3.05) is 20.2 Å². The lowest BCUT2D eigenvalue weighted by atomic mass is 10.00. The minimum absolute atomic E-state index is 0.244. The molecule has 0 radical (unpaired) electrons. The summed E-state index contributed by atoms with van der Waals surface area (Å²) < 4.78 is 10.7. The number of nitrogens with zero attached hydrogens (tertiary/aromatic N) is 1. The lowest BCUT2D eigenvalue weighted by Gasteiger charge is -2.30. The van der Waals surface area contributed by atoms with Gasteiger partial charge in [-0.2, -0.15) is 0 Å². The van der Waals surface area contributed by atoms with Gasteiger partial charge in [0.2, 0.25) is 0 Å². The van der Waals surface area contributed by atoms with Gasteiger partial charge < -0.3 is 19.8 Å². The first-order chi connectivity index (χ1) is 13.1. The fourth-order valence-corrected chi connectivity index (χ4v) is 3.08. The van der Waals surface area contributed by atoms with Crippen LogP contribution < -0.4 is 10.6 Å². The maximum Gasteiger partial charge on any atom is 0.338 e. The number of carbonyl (C=O) groups is 2. The molecule has 0 aliphatic carbocycles. The Morgan fingerprint density at radius 1 is 1.19 bits per heavy atom. The Kier molecular flexibility index (Phi) is 5.93. The molecular formula is C20H23N3O4. The maximum atomic E-state index is 12.6. The van der Waals surface area contributed by atoms with Crippen LogP contribution in [-0.2, 0) is 16.1 Å². The van der Waals surface area contributed by atoms with Crippen LogP contribution in [-0.4, -0.2) is 37.1 Å². The summed E-state index contributed by atoms with van der Waals surface area (Å²) >= 11 is 0. The van der Waals surface area contributed by atoms with Crippen LogP contribution in [0.25, 0.3) is 0 Å². The number of hydrogen-bond acceptors (Lipinski definition) is 5. The smallest absolute Gasteiger partial charge is 0.338 e. The number of carbonyl (C=O) groups excluding carboxylic acids is 2. The molecular weight excluding hydrogens is 346 g/mol. The Morgan fingerprint density at radius 2 is 1.96 bits per heavy atom. The molecule has 7 heteroatoms. The molecule has 0 spiro atoms. The number of urea groups is 1. The Bertz CT molecular complexity index is 815. The Balaban J connectivity index is 1.89. The molecule has 0 bridgehead atoms. The zero-order chi connectivity index (χ0) is 19.2. The first-order valence-corrected chi connectivity index (χ1v) is 8.82. The molecule has 2 amide bonds. The molecule has 1 aromatic carbocycles. The van der Waals surface area contributed by atoms with Crippen molar-refractivity contribution in [2.45, 2.75) is 19.5 Å². The highest BCUT2D eigenvalue weighted by atomic mass is 16.5. The van der Waals surface area contributed by atoms with Crippen LogP contribution in [0.3, 0.4) is 0 Å². The van der Waals surface area contributed by atoms with Gasteiger partial charge in [-0.15, -0.1) is 0 Å². The summed E-state index contributed by atoms with van der Waals surface area (Å²) in [5.74, 6) is 0.00521. The van der Waals surface area contributed by atoms with Crippen LogP contribution >= 0.6 is 0 Å². The molecule has 3 rings (SSSR count). The highest BCUT2D eigenvalue weighted by Crippen LogP contribution is 2.28. The van der Waals surface area contributed by atoms with E-state index in [4.69, 9.17) is 9.15 Å². The minimum atomic E-state index is -0.687. The fraction of sp³-hybridized carbons (Fsp3) is 0.300. The first kappa shape index (κ1) is 18.7. The largest absolute Gasteiger partial charge is 0.467 e. The van der Waals surface area contributed by atoms with Gasteiger partial charge in [0.1, 0.15) is 11.8 Å². The third-order valence-electron chi connectivity index (χ3n) is 4.20. The van der Waals surface area contributed by atoms with Crippen LogP contribution in [0.15, 0.2) is 64.4 Å². The van der Waals surface area contributed by atoms with Crippen LogP contribution in [0.4, 0.5) is 4.79 Å². The SMILES string of the molecule is CCOC(=O)C1=C(CN(C)Cc2ccccc2)NC(=O)NC1c1ccco1. The van der Waals surface area contributed by atoms with Crippen molar-refractivity contribution < 1.29 is 18.7 Å².